The zero-order valence-corrected chi connectivity index (χ0v) is 17.0. The molecule has 1 aliphatic rings. The highest BCUT2D eigenvalue weighted by Crippen LogP contribution is 2.30. The second-order valence-electron chi connectivity index (χ2n) is 7.50. The molecule has 27 heavy (non-hydrogen) atoms. The average Bonchev–Trinajstić information content (AvgIpc) is 2.60. The number of hydrogen-bond donors (Lipinski definition) is 0. The third-order valence-corrected chi connectivity index (χ3v) is 6.20. The highest BCUT2D eigenvalue weighted by atomic mass is 32.2. The predicted octanol–water partition coefficient (Wildman–Crippen LogP) is 2.22. The van der Waals surface area contributed by atoms with Crippen LogP contribution in [0.3, 0.4) is 0 Å². The Bertz CT molecular complexity index is 900. The third-order valence-electron chi connectivity index (χ3n) is 4.73. The fraction of sp³-hybridized carbons (Fsp3) is 0.474. The maximum atomic E-state index is 12.1. The molecule has 3 rings (SSSR count). The van der Waals surface area contributed by atoms with E-state index in [9.17, 15) is 8.42 Å². The minimum Gasteiger partial charge on any atom is -0.472 e. The Hall–Kier alpha value is -2.19. The lowest BCUT2D eigenvalue weighted by Crippen LogP contribution is -2.61. The summed E-state index contributed by atoms with van der Waals surface area (Å²) in [5.74, 6) is 0.461. The zero-order chi connectivity index (χ0) is 19.7. The molecule has 2 aromatic rings. The highest BCUT2D eigenvalue weighted by Gasteiger charge is 2.39. The zero-order valence-electron chi connectivity index (χ0n) is 16.2. The fourth-order valence-corrected chi connectivity index (χ4v) is 4.88. The summed E-state index contributed by atoms with van der Waals surface area (Å²) < 4.78 is 31.5. The first kappa shape index (κ1) is 19.6. The number of piperazine rings is 1. The van der Waals surface area contributed by atoms with Crippen LogP contribution < -0.4 is 9.64 Å². The van der Waals surface area contributed by atoms with Gasteiger partial charge in [-0.3, -0.25) is 0 Å². The lowest BCUT2D eigenvalue weighted by Gasteiger charge is -2.46. The lowest BCUT2D eigenvalue weighted by molar-refractivity contribution is 0.206. The summed E-state index contributed by atoms with van der Waals surface area (Å²) >= 11 is 0. The Morgan fingerprint density at radius 2 is 1.85 bits per heavy atom. The number of aryl methyl sites for hydroxylation is 1. The molecule has 0 amide bonds. The molecule has 0 saturated carbocycles. The standard InChI is InChI=1S/C19H26N4O3S/c1-15-17(22-10-11-23(27(4,24)25)19(2,3)14-22)12-18(21-20-15)26-13-16-8-6-5-7-9-16/h5-9,12H,10-11,13-14H2,1-4H3. The third kappa shape index (κ3) is 4.56. The van der Waals surface area contributed by atoms with Crippen LogP contribution in [0.15, 0.2) is 36.4 Å². The summed E-state index contributed by atoms with van der Waals surface area (Å²) in [5, 5.41) is 8.37. The van der Waals surface area contributed by atoms with Crippen molar-refractivity contribution in [3.8, 4) is 5.88 Å². The molecule has 7 nitrogen and oxygen atoms in total. The van der Waals surface area contributed by atoms with E-state index in [-0.39, 0.29) is 0 Å². The number of ether oxygens (including phenoxy) is 1. The molecule has 1 saturated heterocycles. The molecule has 8 heteroatoms. The van der Waals surface area contributed by atoms with E-state index in [1.54, 1.807) is 4.31 Å². The molecule has 0 aliphatic carbocycles. The lowest BCUT2D eigenvalue weighted by atomic mass is 10.0. The largest absolute Gasteiger partial charge is 0.472 e. The molecule has 1 fully saturated rings. The van der Waals surface area contributed by atoms with Gasteiger partial charge in [0.2, 0.25) is 15.9 Å². The molecule has 0 radical (unpaired) electrons. The number of benzene rings is 1. The Morgan fingerprint density at radius 3 is 2.48 bits per heavy atom. The van der Waals surface area contributed by atoms with Crippen LogP contribution in [0.25, 0.3) is 0 Å². The quantitative estimate of drug-likeness (QED) is 0.779. The topological polar surface area (TPSA) is 75.6 Å². The van der Waals surface area contributed by atoms with Crippen LogP contribution in [0.4, 0.5) is 5.69 Å². The number of rotatable bonds is 5. The summed E-state index contributed by atoms with van der Waals surface area (Å²) in [7, 11) is -3.24. The Labute approximate surface area is 161 Å². The van der Waals surface area contributed by atoms with Gasteiger partial charge in [-0.2, -0.15) is 9.40 Å². The number of hydrogen-bond acceptors (Lipinski definition) is 6. The molecule has 1 aromatic carbocycles. The Kier molecular flexibility index (Phi) is 5.39. The maximum absolute atomic E-state index is 12.1. The van der Waals surface area contributed by atoms with E-state index in [2.05, 4.69) is 15.1 Å². The van der Waals surface area contributed by atoms with Crippen molar-refractivity contribution in [3.63, 3.8) is 0 Å². The van der Waals surface area contributed by atoms with Crippen LogP contribution in [0.1, 0.15) is 25.1 Å². The summed E-state index contributed by atoms with van der Waals surface area (Å²) in [6.45, 7) is 7.82. The molecule has 0 spiro atoms. The van der Waals surface area contributed by atoms with Gasteiger partial charge in [0.25, 0.3) is 0 Å². The molecule has 0 atom stereocenters. The van der Waals surface area contributed by atoms with E-state index >= 15 is 0 Å². The van der Waals surface area contributed by atoms with Crippen molar-refractivity contribution in [3.05, 3.63) is 47.7 Å². The number of sulfonamides is 1. The van der Waals surface area contributed by atoms with E-state index < -0.39 is 15.6 Å². The van der Waals surface area contributed by atoms with Crippen molar-refractivity contribution < 1.29 is 13.2 Å². The van der Waals surface area contributed by atoms with Gasteiger partial charge in [-0.05, 0) is 26.3 Å². The van der Waals surface area contributed by atoms with Gasteiger partial charge in [-0.25, -0.2) is 8.42 Å². The molecule has 1 aromatic heterocycles. The van der Waals surface area contributed by atoms with Crippen LogP contribution in [0.5, 0.6) is 5.88 Å². The molecule has 1 aliphatic heterocycles. The smallest absolute Gasteiger partial charge is 0.235 e. The van der Waals surface area contributed by atoms with Crippen molar-refractivity contribution >= 4 is 15.7 Å². The van der Waals surface area contributed by atoms with E-state index in [1.165, 1.54) is 6.26 Å². The molecular weight excluding hydrogens is 364 g/mol. The van der Waals surface area contributed by atoms with E-state index in [1.807, 2.05) is 57.2 Å². The average molecular weight is 391 g/mol. The Morgan fingerprint density at radius 1 is 1.15 bits per heavy atom. The predicted molar refractivity (Wildman–Crippen MR) is 105 cm³/mol. The SMILES string of the molecule is Cc1nnc(OCc2ccccc2)cc1N1CCN(S(C)(=O)=O)C(C)(C)C1. The van der Waals surface area contributed by atoms with Gasteiger partial charge in [-0.15, -0.1) is 5.10 Å². The van der Waals surface area contributed by atoms with Crippen LogP contribution in [-0.2, 0) is 16.6 Å². The van der Waals surface area contributed by atoms with Crippen molar-refractivity contribution in [1.82, 2.24) is 14.5 Å². The molecule has 0 N–H and O–H groups in total. The van der Waals surface area contributed by atoms with Crippen LogP contribution in [0.2, 0.25) is 0 Å². The van der Waals surface area contributed by atoms with Gasteiger partial charge in [0, 0.05) is 31.2 Å². The monoisotopic (exact) mass is 390 g/mol. The summed E-state index contributed by atoms with van der Waals surface area (Å²) in [4.78, 5) is 2.15. The molecule has 0 unspecified atom stereocenters. The van der Waals surface area contributed by atoms with Gasteiger partial charge < -0.3 is 9.64 Å². The van der Waals surface area contributed by atoms with Crippen LogP contribution in [0, 0.1) is 6.92 Å². The van der Waals surface area contributed by atoms with Gasteiger partial charge in [0.1, 0.15) is 6.61 Å². The summed E-state index contributed by atoms with van der Waals surface area (Å²) in [6, 6.07) is 11.8. The van der Waals surface area contributed by atoms with Crippen molar-refractivity contribution in [2.75, 3.05) is 30.8 Å². The van der Waals surface area contributed by atoms with Gasteiger partial charge >= 0.3 is 0 Å². The fourth-order valence-electron chi connectivity index (χ4n) is 3.51. The molecule has 146 valence electrons. The molecule has 0 bridgehead atoms. The van der Waals surface area contributed by atoms with Crippen molar-refractivity contribution in [2.45, 2.75) is 32.9 Å². The second kappa shape index (κ2) is 7.44. The second-order valence-corrected chi connectivity index (χ2v) is 9.40. The van der Waals surface area contributed by atoms with Crippen LogP contribution in [-0.4, -0.2) is 54.3 Å². The highest BCUT2D eigenvalue weighted by molar-refractivity contribution is 7.88. The van der Waals surface area contributed by atoms with E-state index in [0.717, 1.165) is 16.9 Å². The summed E-state index contributed by atoms with van der Waals surface area (Å²) in [5.41, 5.74) is 2.27. The minimum absolute atomic E-state index is 0.422. The van der Waals surface area contributed by atoms with Crippen molar-refractivity contribution in [2.24, 2.45) is 0 Å². The van der Waals surface area contributed by atoms with Gasteiger partial charge in [0.05, 0.1) is 17.6 Å². The normalized spacial score (nSPS) is 17.7. The van der Waals surface area contributed by atoms with Crippen LogP contribution >= 0.6 is 0 Å². The first-order chi connectivity index (χ1) is 12.7. The Balaban J connectivity index is 1.77. The van der Waals surface area contributed by atoms with Gasteiger partial charge in [-0.1, -0.05) is 30.3 Å². The first-order valence-electron chi connectivity index (χ1n) is 8.91. The molecular formula is C19H26N4O3S. The number of nitrogens with zero attached hydrogens (tertiary/aromatic N) is 4. The first-order valence-corrected chi connectivity index (χ1v) is 10.8. The molecule has 2 heterocycles. The summed E-state index contributed by atoms with van der Waals surface area (Å²) in [6.07, 6.45) is 1.26. The van der Waals surface area contributed by atoms with Crippen molar-refractivity contribution in [1.29, 1.82) is 0 Å². The van der Waals surface area contributed by atoms with Gasteiger partial charge in [0.15, 0.2) is 0 Å². The number of anilines is 1. The van der Waals surface area contributed by atoms with E-state index in [4.69, 9.17) is 4.74 Å². The van der Waals surface area contributed by atoms with E-state index in [0.29, 0.717) is 32.1 Å². The number of aromatic nitrogens is 2. The minimum atomic E-state index is -3.24. The maximum Gasteiger partial charge on any atom is 0.235 e.